The lowest BCUT2D eigenvalue weighted by Crippen LogP contribution is -2.08. The number of H-pyrrole nitrogens is 1. The van der Waals surface area contributed by atoms with Gasteiger partial charge in [-0.1, -0.05) is 26.0 Å². The molecule has 0 fully saturated rings. The first kappa shape index (κ1) is 14.8. The molecule has 2 rings (SSSR count). The Hall–Kier alpha value is -1.63. The van der Waals surface area contributed by atoms with Crippen LogP contribution >= 0.6 is 12.2 Å². The lowest BCUT2D eigenvalue weighted by Gasteiger charge is -2.11. The van der Waals surface area contributed by atoms with Crippen LogP contribution in [0, 0.1) is 10.7 Å². The van der Waals surface area contributed by atoms with E-state index in [9.17, 15) is 13.2 Å². The van der Waals surface area contributed by atoms with E-state index in [-0.39, 0.29) is 0 Å². The fraction of sp³-hybridized carbons (Fsp3) is 0.385. The molecule has 0 bridgehead atoms. The molecule has 0 saturated carbocycles. The summed E-state index contributed by atoms with van der Waals surface area (Å²) in [5.41, 5.74) is -0.298. The Morgan fingerprint density at radius 1 is 1.35 bits per heavy atom. The van der Waals surface area contributed by atoms with Gasteiger partial charge in [-0.2, -0.15) is 18.3 Å². The van der Waals surface area contributed by atoms with Crippen molar-refractivity contribution in [1.82, 2.24) is 14.8 Å². The molecule has 0 atom stereocenters. The summed E-state index contributed by atoms with van der Waals surface area (Å²) in [6.07, 6.45) is -4.37. The van der Waals surface area contributed by atoms with Crippen molar-refractivity contribution in [3.05, 3.63) is 34.6 Å². The van der Waals surface area contributed by atoms with E-state index in [4.69, 9.17) is 12.2 Å². The second-order valence-electron chi connectivity index (χ2n) is 4.94. The summed E-state index contributed by atoms with van der Waals surface area (Å²) < 4.78 is 40.4. The molecule has 0 radical (unpaired) electrons. The number of nitrogens with one attached hydrogen (secondary N) is 1. The summed E-state index contributed by atoms with van der Waals surface area (Å²) in [5.74, 6) is 0.735. The van der Waals surface area contributed by atoms with Gasteiger partial charge in [0.05, 0.1) is 5.56 Å². The number of aromatic nitrogens is 3. The van der Waals surface area contributed by atoms with E-state index < -0.39 is 11.7 Å². The highest BCUT2D eigenvalue weighted by Gasteiger charge is 2.30. The van der Waals surface area contributed by atoms with Crippen LogP contribution in [0.1, 0.15) is 19.4 Å². The van der Waals surface area contributed by atoms with Crippen molar-refractivity contribution in [3.63, 3.8) is 0 Å². The zero-order valence-corrected chi connectivity index (χ0v) is 11.8. The topological polar surface area (TPSA) is 33.6 Å². The molecule has 20 heavy (non-hydrogen) atoms. The second-order valence-corrected chi connectivity index (χ2v) is 5.32. The van der Waals surface area contributed by atoms with E-state index in [1.165, 1.54) is 6.07 Å². The van der Waals surface area contributed by atoms with Gasteiger partial charge in [0.15, 0.2) is 10.6 Å². The van der Waals surface area contributed by atoms with Gasteiger partial charge in [0.1, 0.15) is 0 Å². The number of hydrogen-bond acceptors (Lipinski definition) is 2. The molecule has 3 nitrogen and oxygen atoms in total. The molecule has 0 aliphatic rings. The highest BCUT2D eigenvalue weighted by Crippen LogP contribution is 2.31. The van der Waals surface area contributed by atoms with Crippen LogP contribution in [-0.2, 0) is 12.7 Å². The molecule has 1 heterocycles. The van der Waals surface area contributed by atoms with Gasteiger partial charge in [-0.15, -0.1) is 0 Å². The summed E-state index contributed by atoms with van der Waals surface area (Å²) in [6, 6.07) is 5.09. The molecule has 108 valence electrons. The summed E-state index contributed by atoms with van der Waals surface area (Å²) in [5, 5.41) is 6.67. The largest absolute Gasteiger partial charge is 0.416 e. The van der Waals surface area contributed by atoms with Gasteiger partial charge >= 0.3 is 6.18 Å². The van der Waals surface area contributed by atoms with Gasteiger partial charge < -0.3 is 0 Å². The summed E-state index contributed by atoms with van der Waals surface area (Å²) >= 11 is 5.12. The lowest BCUT2D eigenvalue weighted by molar-refractivity contribution is -0.137. The number of hydrogen-bond donors (Lipinski definition) is 1. The van der Waals surface area contributed by atoms with Crippen LogP contribution in [0.15, 0.2) is 24.3 Å². The Morgan fingerprint density at radius 2 is 2.05 bits per heavy atom. The molecule has 1 aromatic carbocycles. The first-order valence-corrected chi connectivity index (χ1v) is 6.52. The van der Waals surface area contributed by atoms with Crippen LogP contribution in [0.3, 0.4) is 0 Å². The molecule has 1 aromatic heterocycles. The van der Waals surface area contributed by atoms with Gasteiger partial charge in [0.2, 0.25) is 0 Å². The predicted molar refractivity (Wildman–Crippen MR) is 72.7 cm³/mol. The van der Waals surface area contributed by atoms with Gasteiger partial charge in [-0.3, -0.25) is 9.67 Å². The van der Waals surface area contributed by atoms with Crippen LogP contribution in [0.25, 0.3) is 11.4 Å². The Morgan fingerprint density at radius 3 is 2.65 bits per heavy atom. The minimum Gasteiger partial charge on any atom is -0.300 e. The number of alkyl halides is 3. The maximum atomic E-state index is 12.7. The smallest absolute Gasteiger partial charge is 0.300 e. The molecule has 0 unspecified atom stereocenters. The SMILES string of the molecule is CC(C)Cn1c(-c2cccc(C(F)(F)F)c2)n[nH]c1=S. The van der Waals surface area contributed by atoms with Crippen LogP contribution in [0.5, 0.6) is 0 Å². The second kappa shape index (κ2) is 5.40. The fourth-order valence-corrected chi connectivity index (χ4v) is 2.11. The normalized spacial score (nSPS) is 12.1. The third-order valence-corrected chi connectivity index (χ3v) is 3.07. The van der Waals surface area contributed by atoms with Crippen molar-refractivity contribution >= 4 is 12.2 Å². The lowest BCUT2D eigenvalue weighted by atomic mass is 10.1. The standard InChI is InChI=1S/C13H14F3N3S/c1-8(2)7-19-11(17-18-12(19)20)9-4-3-5-10(6-9)13(14,15)16/h3-6,8H,7H2,1-2H3,(H,18,20). The zero-order chi connectivity index (χ0) is 14.9. The minimum absolute atomic E-state index is 0.309. The summed E-state index contributed by atoms with van der Waals surface area (Å²) in [4.78, 5) is 0. The van der Waals surface area contributed by atoms with Crippen molar-refractivity contribution in [1.29, 1.82) is 0 Å². The highest BCUT2D eigenvalue weighted by molar-refractivity contribution is 7.71. The van der Waals surface area contributed by atoms with Crippen molar-refractivity contribution in [3.8, 4) is 11.4 Å². The Balaban J connectivity index is 2.50. The van der Waals surface area contributed by atoms with Crippen molar-refractivity contribution in [2.45, 2.75) is 26.6 Å². The maximum Gasteiger partial charge on any atom is 0.416 e. The maximum absolute atomic E-state index is 12.7. The molecule has 7 heteroatoms. The third-order valence-electron chi connectivity index (χ3n) is 2.75. The van der Waals surface area contributed by atoms with Crippen LogP contribution < -0.4 is 0 Å². The monoisotopic (exact) mass is 301 g/mol. The first-order chi connectivity index (χ1) is 9.29. The van der Waals surface area contributed by atoms with E-state index in [1.807, 2.05) is 13.8 Å². The number of benzene rings is 1. The Kier molecular flexibility index (Phi) is 3.99. The Bertz CT molecular complexity index is 655. The average Bonchev–Trinajstić information content (AvgIpc) is 2.70. The van der Waals surface area contributed by atoms with Crippen molar-refractivity contribution in [2.75, 3.05) is 0 Å². The predicted octanol–water partition coefficient (Wildman–Crippen LogP) is 4.28. The zero-order valence-electron chi connectivity index (χ0n) is 11.0. The number of nitrogens with zero attached hydrogens (tertiary/aromatic N) is 2. The van der Waals surface area contributed by atoms with Gasteiger partial charge in [0, 0.05) is 12.1 Å². The van der Waals surface area contributed by atoms with E-state index >= 15 is 0 Å². The molecule has 0 spiro atoms. The summed E-state index contributed by atoms with van der Waals surface area (Å²) in [7, 11) is 0. The van der Waals surface area contributed by atoms with Crippen molar-refractivity contribution in [2.24, 2.45) is 5.92 Å². The summed E-state index contributed by atoms with van der Waals surface area (Å²) in [6.45, 7) is 4.61. The van der Waals surface area contributed by atoms with Gasteiger partial charge in [-0.25, -0.2) is 0 Å². The molecule has 2 aromatic rings. The first-order valence-electron chi connectivity index (χ1n) is 6.12. The van der Waals surface area contributed by atoms with E-state index in [0.29, 0.717) is 28.6 Å². The highest BCUT2D eigenvalue weighted by atomic mass is 32.1. The molecular weight excluding hydrogens is 287 g/mol. The quantitative estimate of drug-likeness (QED) is 0.858. The fourth-order valence-electron chi connectivity index (χ4n) is 1.91. The minimum atomic E-state index is -4.37. The molecule has 0 saturated heterocycles. The number of halogens is 3. The Labute approximate surface area is 119 Å². The molecule has 0 aliphatic carbocycles. The van der Waals surface area contributed by atoms with Crippen LogP contribution in [-0.4, -0.2) is 14.8 Å². The van der Waals surface area contributed by atoms with E-state index in [1.54, 1.807) is 10.6 Å². The number of aromatic amines is 1. The van der Waals surface area contributed by atoms with E-state index in [2.05, 4.69) is 10.2 Å². The van der Waals surface area contributed by atoms with Gasteiger partial charge in [0.25, 0.3) is 0 Å². The molecule has 0 amide bonds. The van der Waals surface area contributed by atoms with Crippen LogP contribution in [0.4, 0.5) is 13.2 Å². The van der Waals surface area contributed by atoms with E-state index in [0.717, 1.165) is 12.1 Å². The molecule has 1 N–H and O–H groups in total. The average molecular weight is 301 g/mol. The number of rotatable bonds is 3. The van der Waals surface area contributed by atoms with Gasteiger partial charge in [-0.05, 0) is 30.3 Å². The third kappa shape index (κ3) is 3.09. The van der Waals surface area contributed by atoms with Crippen molar-refractivity contribution < 1.29 is 13.2 Å². The molecular formula is C13H14F3N3S. The van der Waals surface area contributed by atoms with Crippen LogP contribution in [0.2, 0.25) is 0 Å². The molecule has 0 aliphatic heterocycles.